The molecule has 2 amide bonds. The van der Waals surface area contributed by atoms with Crippen molar-refractivity contribution < 1.29 is 14.3 Å². The van der Waals surface area contributed by atoms with E-state index < -0.39 is 5.25 Å². The summed E-state index contributed by atoms with van der Waals surface area (Å²) < 4.78 is 5.34. The van der Waals surface area contributed by atoms with E-state index >= 15 is 0 Å². The van der Waals surface area contributed by atoms with Gasteiger partial charge >= 0.3 is 0 Å². The van der Waals surface area contributed by atoms with Gasteiger partial charge in [0.25, 0.3) is 0 Å². The monoisotopic (exact) mass is 340 g/mol. The maximum Gasteiger partial charge on any atom is 0.238 e. The van der Waals surface area contributed by atoms with Crippen molar-refractivity contribution in [1.29, 1.82) is 0 Å². The first-order chi connectivity index (χ1) is 10.5. The van der Waals surface area contributed by atoms with Crippen molar-refractivity contribution in [3.63, 3.8) is 0 Å². The standard InChI is InChI=1S/C15H17ClN2O3S/c1-9-8-21-5-4-18(9)14(19)7-13-15(20)17-11-6-10(16)2-3-12(11)22-13/h2-3,6,9,13H,4-5,7-8H2,1H3,(H,17,20). The fourth-order valence-electron chi connectivity index (χ4n) is 2.63. The molecular formula is C15H17ClN2O3S. The summed E-state index contributed by atoms with van der Waals surface area (Å²) >= 11 is 7.35. The summed E-state index contributed by atoms with van der Waals surface area (Å²) in [5, 5.41) is 3.00. The minimum absolute atomic E-state index is 0.000800. The van der Waals surface area contributed by atoms with Crippen LogP contribution in [0.4, 0.5) is 5.69 Å². The Bertz CT molecular complexity index is 610. The van der Waals surface area contributed by atoms with Gasteiger partial charge in [0.1, 0.15) is 0 Å². The SMILES string of the molecule is CC1COCCN1C(=O)CC1Sc2ccc(Cl)cc2NC1=O. The predicted molar refractivity (Wildman–Crippen MR) is 86.3 cm³/mol. The van der Waals surface area contributed by atoms with E-state index in [-0.39, 0.29) is 24.3 Å². The van der Waals surface area contributed by atoms with E-state index in [9.17, 15) is 9.59 Å². The molecule has 0 saturated carbocycles. The molecule has 2 aliphatic rings. The summed E-state index contributed by atoms with van der Waals surface area (Å²) in [6.07, 6.45) is 0.197. The second-order valence-electron chi connectivity index (χ2n) is 5.45. The zero-order valence-electron chi connectivity index (χ0n) is 12.2. The molecular weight excluding hydrogens is 324 g/mol. The molecule has 118 valence electrons. The molecule has 2 aliphatic heterocycles. The first-order valence-electron chi connectivity index (χ1n) is 7.19. The third kappa shape index (κ3) is 3.24. The molecule has 3 rings (SSSR count). The minimum Gasteiger partial charge on any atom is -0.377 e. The number of amides is 2. The number of ether oxygens (including phenoxy) is 1. The zero-order chi connectivity index (χ0) is 15.7. The molecule has 0 aliphatic carbocycles. The van der Waals surface area contributed by atoms with Crippen LogP contribution in [0.25, 0.3) is 0 Å². The van der Waals surface area contributed by atoms with Crippen LogP contribution in [-0.4, -0.2) is 47.8 Å². The number of carbonyl (C=O) groups is 2. The van der Waals surface area contributed by atoms with Crippen LogP contribution in [0.15, 0.2) is 23.1 Å². The summed E-state index contributed by atoms with van der Waals surface area (Å²) in [5.41, 5.74) is 0.714. The van der Waals surface area contributed by atoms with E-state index in [0.29, 0.717) is 30.5 Å². The van der Waals surface area contributed by atoms with Crippen molar-refractivity contribution in [2.24, 2.45) is 0 Å². The number of hydrogen-bond donors (Lipinski definition) is 1. The molecule has 0 aromatic heterocycles. The molecule has 1 fully saturated rings. The average molecular weight is 341 g/mol. The number of anilines is 1. The number of morpholine rings is 1. The molecule has 1 N–H and O–H groups in total. The molecule has 2 heterocycles. The quantitative estimate of drug-likeness (QED) is 0.898. The van der Waals surface area contributed by atoms with Crippen LogP contribution >= 0.6 is 23.4 Å². The van der Waals surface area contributed by atoms with Crippen LogP contribution in [0.1, 0.15) is 13.3 Å². The Morgan fingerprint density at radius 2 is 2.36 bits per heavy atom. The lowest BCUT2D eigenvalue weighted by Crippen LogP contribution is -2.48. The number of hydrogen-bond acceptors (Lipinski definition) is 4. The van der Waals surface area contributed by atoms with Gasteiger partial charge < -0.3 is 15.0 Å². The van der Waals surface area contributed by atoms with Gasteiger partial charge in [0.05, 0.1) is 30.2 Å². The molecule has 2 unspecified atom stereocenters. The number of thioether (sulfide) groups is 1. The third-order valence-corrected chi connectivity index (χ3v) is 5.32. The van der Waals surface area contributed by atoms with E-state index in [1.807, 2.05) is 13.0 Å². The Morgan fingerprint density at radius 1 is 1.55 bits per heavy atom. The summed E-state index contributed by atoms with van der Waals surface area (Å²) in [4.78, 5) is 27.4. The number of benzene rings is 1. The van der Waals surface area contributed by atoms with E-state index in [0.717, 1.165) is 4.90 Å². The summed E-state index contributed by atoms with van der Waals surface area (Å²) in [6.45, 7) is 3.66. The minimum atomic E-state index is -0.406. The van der Waals surface area contributed by atoms with E-state index in [2.05, 4.69) is 5.32 Å². The van der Waals surface area contributed by atoms with Gasteiger partial charge in [-0.1, -0.05) is 11.6 Å². The van der Waals surface area contributed by atoms with Gasteiger partial charge in [-0.15, -0.1) is 11.8 Å². The lowest BCUT2D eigenvalue weighted by molar-refractivity contribution is -0.140. The van der Waals surface area contributed by atoms with E-state index in [1.54, 1.807) is 17.0 Å². The van der Waals surface area contributed by atoms with Gasteiger partial charge in [-0.25, -0.2) is 0 Å². The number of carbonyl (C=O) groups excluding carboxylic acids is 2. The van der Waals surface area contributed by atoms with Gasteiger partial charge in [0.15, 0.2) is 0 Å². The number of nitrogens with one attached hydrogen (secondary N) is 1. The molecule has 2 atom stereocenters. The van der Waals surface area contributed by atoms with Crippen LogP contribution in [0.2, 0.25) is 5.02 Å². The van der Waals surface area contributed by atoms with Gasteiger partial charge in [0.2, 0.25) is 11.8 Å². The fraction of sp³-hybridized carbons (Fsp3) is 0.467. The van der Waals surface area contributed by atoms with E-state index in [1.165, 1.54) is 11.8 Å². The first-order valence-corrected chi connectivity index (χ1v) is 8.44. The second kappa shape index (κ2) is 6.48. The number of fused-ring (bicyclic) bond motifs is 1. The average Bonchev–Trinajstić information content (AvgIpc) is 2.48. The van der Waals surface area contributed by atoms with Crippen molar-refractivity contribution in [2.45, 2.75) is 29.5 Å². The van der Waals surface area contributed by atoms with Crippen LogP contribution in [0, 0.1) is 0 Å². The van der Waals surface area contributed by atoms with Gasteiger partial charge in [0, 0.05) is 22.9 Å². The summed E-state index contributed by atoms with van der Waals surface area (Å²) in [7, 11) is 0. The molecule has 0 bridgehead atoms. The third-order valence-electron chi connectivity index (χ3n) is 3.81. The molecule has 5 nitrogen and oxygen atoms in total. The maximum atomic E-state index is 12.4. The molecule has 0 spiro atoms. The number of rotatable bonds is 2. The molecule has 7 heteroatoms. The van der Waals surface area contributed by atoms with Crippen LogP contribution in [0.5, 0.6) is 0 Å². The van der Waals surface area contributed by atoms with Crippen molar-refractivity contribution >= 4 is 40.9 Å². The smallest absolute Gasteiger partial charge is 0.238 e. The first kappa shape index (κ1) is 15.6. The zero-order valence-corrected chi connectivity index (χ0v) is 13.7. The van der Waals surface area contributed by atoms with Crippen LogP contribution < -0.4 is 5.32 Å². The Labute approximate surface area is 138 Å². The topological polar surface area (TPSA) is 58.6 Å². The molecule has 1 saturated heterocycles. The van der Waals surface area contributed by atoms with Gasteiger partial charge in [-0.3, -0.25) is 9.59 Å². The predicted octanol–water partition coefficient (Wildman–Crippen LogP) is 2.39. The largest absolute Gasteiger partial charge is 0.377 e. The van der Waals surface area contributed by atoms with Gasteiger partial charge in [-0.05, 0) is 25.1 Å². The number of nitrogens with zero attached hydrogens (tertiary/aromatic N) is 1. The highest BCUT2D eigenvalue weighted by atomic mass is 35.5. The number of halogens is 1. The molecule has 22 heavy (non-hydrogen) atoms. The van der Waals surface area contributed by atoms with Crippen LogP contribution in [0.3, 0.4) is 0 Å². The second-order valence-corrected chi connectivity index (χ2v) is 7.13. The highest BCUT2D eigenvalue weighted by molar-refractivity contribution is 8.01. The van der Waals surface area contributed by atoms with Crippen molar-refractivity contribution in [3.8, 4) is 0 Å². The van der Waals surface area contributed by atoms with Crippen molar-refractivity contribution in [3.05, 3.63) is 23.2 Å². The van der Waals surface area contributed by atoms with Crippen LogP contribution in [-0.2, 0) is 14.3 Å². The Kier molecular flexibility index (Phi) is 4.61. The highest BCUT2D eigenvalue weighted by Crippen LogP contribution is 2.38. The normalized spacial score (nSPS) is 24.6. The molecule has 1 aromatic carbocycles. The maximum absolute atomic E-state index is 12.4. The van der Waals surface area contributed by atoms with Crippen molar-refractivity contribution in [2.75, 3.05) is 25.1 Å². The van der Waals surface area contributed by atoms with Crippen molar-refractivity contribution in [1.82, 2.24) is 4.90 Å². The molecule has 0 radical (unpaired) electrons. The molecule has 1 aromatic rings. The summed E-state index contributed by atoms with van der Waals surface area (Å²) in [6, 6.07) is 5.44. The van der Waals surface area contributed by atoms with E-state index in [4.69, 9.17) is 16.3 Å². The Hall–Kier alpha value is -1.24. The fourth-order valence-corrected chi connectivity index (χ4v) is 3.88. The Morgan fingerprint density at radius 3 is 3.14 bits per heavy atom. The lowest BCUT2D eigenvalue weighted by atomic mass is 10.2. The highest BCUT2D eigenvalue weighted by Gasteiger charge is 2.32. The Balaban J connectivity index is 1.69. The summed E-state index contributed by atoms with van der Waals surface area (Å²) in [5.74, 6) is -0.144. The lowest BCUT2D eigenvalue weighted by Gasteiger charge is -2.34. The van der Waals surface area contributed by atoms with Gasteiger partial charge in [-0.2, -0.15) is 0 Å².